The van der Waals surface area contributed by atoms with Crippen LogP contribution in [0.5, 0.6) is 0 Å². The van der Waals surface area contributed by atoms with Crippen LogP contribution in [0.1, 0.15) is 6.92 Å². The van der Waals surface area contributed by atoms with Gasteiger partial charge in [0.2, 0.25) is 5.91 Å². The first kappa shape index (κ1) is 21.9. The predicted molar refractivity (Wildman–Crippen MR) is 95.9 cm³/mol. The zero-order valence-electron chi connectivity index (χ0n) is 15.6. The minimum absolute atomic E-state index is 0.120. The Kier molecular flexibility index (Phi) is 5.46. The van der Waals surface area contributed by atoms with Crippen molar-refractivity contribution in [3.63, 3.8) is 0 Å². The maximum atomic E-state index is 12.3. The highest BCUT2D eigenvalue weighted by molar-refractivity contribution is 6.00. The molecule has 2 aromatic rings. The van der Waals surface area contributed by atoms with E-state index in [2.05, 4.69) is 20.3 Å². The Morgan fingerprint density at radius 2 is 2.03 bits per heavy atom. The number of nitrogens with zero attached hydrogens (tertiary/aromatic N) is 4. The molecule has 1 aliphatic heterocycles. The molecule has 164 valence electrons. The normalized spacial score (nSPS) is 27.7. The summed E-state index contributed by atoms with van der Waals surface area (Å²) in [6.07, 6.45) is -2.98. The number of hydrogen-bond acceptors (Lipinski definition) is 12. The molecule has 1 fully saturated rings. The highest BCUT2D eigenvalue weighted by Gasteiger charge is 2.70. The van der Waals surface area contributed by atoms with Gasteiger partial charge in [0.25, 0.3) is 17.4 Å². The van der Waals surface area contributed by atoms with Crippen LogP contribution in [0.15, 0.2) is 12.7 Å². The lowest BCUT2D eigenvalue weighted by Gasteiger charge is -2.35. The lowest BCUT2D eigenvalue weighted by atomic mass is 9.97. The number of hydrogen-bond donors (Lipinski definition) is 8. The second-order valence-corrected chi connectivity index (χ2v) is 6.78. The fourth-order valence-electron chi connectivity index (χ4n) is 3.14. The van der Waals surface area contributed by atoms with Crippen LogP contribution in [-0.4, -0.2) is 93.6 Å². The summed E-state index contributed by atoms with van der Waals surface area (Å²) in [7, 11) is 0. The Labute approximate surface area is 167 Å². The highest BCUT2D eigenvalue weighted by Crippen LogP contribution is 2.43. The number of aromatic nitrogens is 4. The Morgan fingerprint density at radius 1 is 1.37 bits per heavy atom. The van der Waals surface area contributed by atoms with Crippen LogP contribution in [-0.2, 0) is 20.1 Å². The summed E-state index contributed by atoms with van der Waals surface area (Å²) < 4.78 is 6.02. The molecule has 0 aromatic carbocycles. The number of primary amides is 1. The number of rotatable bonds is 6. The Morgan fingerprint density at radius 3 is 2.57 bits per heavy atom. The molecule has 0 bridgehead atoms. The number of nitrogens with one attached hydrogen (secondary N) is 1. The Bertz CT molecular complexity index is 979. The average Bonchev–Trinajstić information content (AvgIpc) is 3.20. The molecule has 1 saturated heterocycles. The molecular formula is C15H21N7O8. The second-order valence-electron chi connectivity index (χ2n) is 6.78. The first-order valence-electron chi connectivity index (χ1n) is 8.63. The van der Waals surface area contributed by atoms with Gasteiger partial charge in [-0.25, -0.2) is 15.0 Å². The summed E-state index contributed by atoms with van der Waals surface area (Å²) in [5.41, 5.74) is 7.78. The van der Waals surface area contributed by atoms with E-state index < -0.39 is 54.3 Å². The lowest BCUT2D eigenvalue weighted by molar-refractivity contribution is -0.286. The van der Waals surface area contributed by atoms with Crippen molar-refractivity contribution in [2.24, 2.45) is 11.5 Å². The van der Waals surface area contributed by atoms with Crippen LogP contribution < -0.4 is 16.8 Å². The van der Waals surface area contributed by atoms with Gasteiger partial charge in [0, 0.05) is 0 Å². The lowest BCUT2D eigenvalue weighted by Crippen LogP contribution is -2.63. The molecule has 0 saturated carbocycles. The molecule has 1 aliphatic rings. The van der Waals surface area contributed by atoms with Crippen molar-refractivity contribution in [3.8, 4) is 0 Å². The van der Waals surface area contributed by atoms with Gasteiger partial charge in [-0.2, -0.15) is 0 Å². The van der Waals surface area contributed by atoms with Gasteiger partial charge in [-0.15, -0.1) is 0 Å². The number of fused-ring (bicyclic) bond motifs is 1. The minimum atomic E-state index is -3.27. The molecule has 3 rings (SSSR count). The molecular weight excluding hydrogens is 406 g/mol. The predicted octanol–water partition coefficient (Wildman–Crippen LogP) is -4.96. The third kappa shape index (κ3) is 3.00. The summed E-state index contributed by atoms with van der Waals surface area (Å²) in [6.45, 7) is 0.451. The highest BCUT2D eigenvalue weighted by atomic mass is 16.6. The number of carbonyl (C=O) groups excluding carboxylic acids is 2. The zero-order chi connectivity index (χ0) is 22.4. The number of amides is 2. The standard InChI is InChI=1S/C15H21N7O8/c1-5(24)7(16)12(26)21-10-8-11(19-3-18-10)22(4-20-8)14(13(17)27)15(28,29)9(25)6(2-23)30-14/h3-7,9,23-25,28-29H,2,16H2,1H3,(H2,17,27)(H,18,19,21,26)/t5?,6-,7?,9-,14-/m1/s1. The molecule has 15 heteroatoms. The third-order valence-electron chi connectivity index (χ3n) is 4.84. The Balaban J connectivity index is 2.13. The van der Waals surface area contributed by atoms with Gasteiger partial charge < -0.3 is 47.1 Å². The number of imidazole rings is 1. The summed E-state index contributed by atoms with van der Waals surface area (Å²) >= 11 is 0. The van der Waals surface area contributed by atoms with Gasteiger partial charge in [-0.1, -0.05) is 0 Å². The molecule has 2 aromatic heterocycles. The Hall–Kier alpha value is -2.79. The molecule has 0 spiro atoms. The fraction of sp³-hybridized carbons (Fsp3) is 0.533. The molecule has 0 radical (unpaired) electrons. The molecule has 15 nitrogen and oxygen atoms in total. The van der Waals surface area contributed by atoms with Crippen molar-refractivity contribution in [2.45, 2.75) is 42.8 Å². The minimum Gasteiger partial charge on any atom is -0.394 e. The van der Waals surface area contributed by atoms with Gasteiger partial charge in [0.15, 0.2) is 17.0 Å². The van der Waals surface area contributed by atoms with E-state index in [9.17, 15) is 35.1 Å². The van der Waals surface area contributed by atoms with Gasteiger partial charge >= 0.3 is 0 Å². The van der Waals surface area contributed by atoms with Crippen molar-refractivity contribution < 1.29 is 39.9 Å². The largest absolute Gasteiger partial charge is 0.394 e. The summed E-state index contributed by atoms with van der Waals surface area (Å²) in [6, 6.07) is -1.28. The zero-order valence-corrected chi connectivity index (χ0v) is 15.6. The van der Waals surface area contributed by atoms with E-state index in [0.717, 1.165) is 17.2 Å². The van der Waals surface area contributed by atoms with Crippen LogP contribution in [0.4, 0.5) is 5.82 Å². The van der Waals surface area contributed by atoms with Crippen molar-refractivity contribution in [1.29, 1.82) is 0 Å². The van der Waals surface area contributed by atoms with Crippen molar-refractivity contribution in [2.75, 3.05) is 11.9 Å². The summed E-state index contributed by atoms with van der Waals surface area (Å²) in [5.74, 6) is -5.67. The average molecular weight is 427 g/mol. The molecule has 2 amide bonds. The molecule has 2 unspecified atom stereocenters. The number of nitrogens with two attached hydrogens (primary N) is 2. The maximum Gasteiger partial charge on any atom is 0.286 e. The molecule has 0 aliphatic carbocycles. The number of aliphatic hydroxyl groups excluding tert-OH is 3. The van der Waals surface area contributed by atoms with Gasteiger partial charge in [-0.05, 0) is 6.92 Å². The first-order valence-corrected chi connectivity index (χ1v) is 8.63. The molecule has 30 heavy (non-hydrogen) atoms. The van der Waals surface area contributed by atoms with Gasteiger partial charge in [0.1, 0.15) is 30.9 Å². The van der Waals surface area contributed by atoms with E-state index in [1.54, 1.807) is 0 Å². The number of ether oxygens (including phenoxy) is 1. The van der Waals surface area contributed by atoms with E-state index in [4.69, 9.17) is 16.2 Å². The smallest absolute Gasteiger partial charge is 0.286 e. The van der Waals surface area contributed by atoms with Gasteiger partial charge in [0.05, 0.1) is 12.7 Å². The first-order chi connectivity index (χ1) is 14.0. The number of anilines is 1. The maximum absolute atomic E-state index is 12.3. The van der Waals surface area contributed by atoms with E-state index >= 15 is 0 Å². The fourth-order valence-corrected chi connectivity index (χ4v) is 3.14. The van der Waals surface area contributed by atoms with Crippen LogP contribution in [0, 0.1) is 0 Å². The van der Waals surface area contributed by atoms with Crippen molar-refractivity contribution in [1.82, 2.24) is 19.5 Å². The van der Waals surface area contributed by atoms with Crippen molar-refractivity contribution in [3.05, 3.63) is 12.7 Å². The van der Waals surface area contributed by atoms with Crippen LogP contribution in [0.2, 0.25) is 0 Å². The summed E-state index contributed by atoms with van der Waals surface area (Å²) in [5, 5.41) is 52.2. The monoisotopic (exact) mass is 427 g/mol. The third-order valence-corrected chi connectivity index (χ3v) is 4.84. The SMILES string of the molecule is CC(O)C(N)C(=O)Nc1ncnc2c1ncn2[C@]1(C(N)=O)O[C@H](CO)[C@@H](O)C1(O)O. The van der Waals surface area contributed by atoms with E-state index in [-0.39, 0.29) is 17.0 Å². The molecule has 10 N–H and O–H groups in total. The van der Waals surface area contributed by atoms with Gasteiger partial charge in [-0.3, -0.25) is 14.2 Å². The summed E-state index contributed by atoms with van der Waals surface area (Å²) in [4.78, 5) is 36.1. The van der Waals surface area contributed by atoms with E-state index in [1.165, 1.54) is 6.92 Å². The van der Waals surface area contributed by atoms with E-state index in [1.807, 2.05) is 0 Å². The van der Waals surface area contributed by atoms with Crippen LogP contribution >= 0.6 is 0 Å². The van der Waals surface area contributed by atoms with Crippen molar-refractivity contribution >= 4 is 28.8 Å². The van der Waals surface area contributed by atoms with E-state index in [0.29, 0.717) is 0 Å². The quantitative estimate of drug-likeness (QED) is 0.202. The second kappa shape index (κ2) is 7.47. The number of aliphatic hydroxyl groups is 5. The molecule has 3 heterocycles. The number of carbonyl (C=O) groups is 2. The molecule has 5 atom stereocenters. The van der Waals surface area contributed by atoms with Crippen LogP contribution in [0.3, 0.4) is 0 Å². The van der Waals surface area contributed by atoms with Crippen LogP contribution in [0.25, 0.3) is 11.2 Å². The topological polar surface area (TPSA) is 252 Å².